The standard InChI is InChI=1S/C18H20N2O4S/c1-9-6-7-13(24-9)16-19-10(2)15(25-16)17(21)20-8-11-4-3-5-12(11)14(20)18(22)23/h6-7,11-12,14H,3-5,8H2,1-2H3,(H,22,23). The predicted octanol–water partition coefficient (Wildman–Crippen LogP) is 3.35. The van der Waals surface area contributed by atoms with E-state index in [-0.39, 0.29) is 11.8 Å². The number of likely N-dealkylation sites (tertiary alicyclic amines) is 1. The number of carboxylic acids is 1. The number of thiazole rings is 1. The number of hydrogen-bond acceptors (Lipinski definition) is 5. The Kier molecular flexibility index (Phi) is 3.91. The van der Waals surface area contributed by atoms with Crippen LogP contribution in [0.4, 0.5) is 0 Å². The smallest absolute Gasteiger partial charge is 0.326 e. The van der Waals surface area contributed by atoms with Gasteiger partial charge < -0.3 is 14.4 Å². The lowest BCUT2D eigenvalue weighted by atomic mass is 9.94. The second kappa shape index (κ2) is 5.98. The first-order chi connectivity index (χ1) is 12.0. The molecule has 2 aliphatic rings. The molecule has 1 saturated heterocycles. The Morgan fingerprint density at radius 3 is 2.80 bits per heavy atom. The molecule has 0 spiro atoms. The molecule has 25 heavy (non-hydrogen) atoms. The third-order valence-electron chi connectivity index (χ3n) is 5.35. The molecule has 7 heteroatoms. The van der Waals surface area contributed by atoms with Crippen molar-refractivity contribution in [3.05, 3.63) is 28.5 Å². The van der Waals surface area contributed by atoms with E-state index in [0.29, 0.717) is 33.8 Å². The topological polar surface area (TPSA) is 83.6 Å². The highest BCUT2D eigenvalue weighted by atomic mass is 32.1. The molecule has 0 aromatic carbocycles. The summed E-state index contributed by atoms with van der Waals surface area (Å²) >= 11 is 1.27. The molecule has 1 amide bonds. The van der Waals surface area contributed by atoms with E-state index in [0.717, 1.165) is 25.0 Å². The molecule has 1 N–H and O–H groups in total. The van der Waals surface area contributed by atoms with Crippen LogP contribution in [0.1, 0.15) is 40.4 Å². The Hall–Kier alpha value is -2.15. The van der Waals surface area contributed by atoms with E-state index in [1.807, 2.05) is 19.1 Å². The molecular formula is C18H20N2O4S. The first-order valence-electron chi connectivity index (χ1n) is 8.53. The zero-order chi connectivity index (χ0) is 17.7. The number of aliphatic carboxylic acids is 1. The highest BCUT2D eigenvalue weighted by Crippen LogP contribution is 2.43. The molecular weight excluding hydrogens is 340 g/mol. The van der Waals surface area contributed by atoms with Gasteiger partial charge in [0, 0.05) is 6.54 Å². The van der Waals surface area contributed by atoms with Crippen LogP contribution in [0.15, 0.2) is 16.5 Å². The quantitative estimate of drug-likeness (QED) is 0.907. The van der Waals surface area contributed by atoms with Crippen molar-refractivity contribution in [1.82, 2.24) is 9.88 Å². The molecule has 0 bridgehead atoms. The van der Waals surface area contributed by atoms with Gasteiger partial charge >= 0.3 is 5.97 Å². The molecule has 0 radical (unpaired) electrons. The lowest BCUT2D eigenvalue weighted by Gasteiger charge is -2.24. The number of aryl methyl sites for hydroxylation is 2. The van der Waals surface area contributed by atoms with Gasteiger partial charge in [-0.3, -0.25) is 4.79 Å². The van der Waals surface area contributed by atoms with Crippen LogP contribution in [0.25, 0.3) is 10.8 Å². The van der Waals surface area contributed by atoms with Crippen molar-refractivity contribution in [2.75, 3.05) is 6.54 Å². The van der Waals surface area contributed by atoms with Crippen molar-refractivity contribution in [2.24, 2.45) is 11.8 Å². The van der Waals surface area contributed by atoms with E-state index in [1.54, 1.807) is 11.8 Å². The molecule has 132 valence electrons. The number of furan rings is 1. The second-order valence-electron chi connectivity index (χ2n) is 6.94. The van der Waals surface area contributed by atoms with Crippen molar-refractivity contribution in [3.63, 3.8) is 0 Å². The van der Waals surface area contributed by atoms with Crippen LogP contribution in [0, 0.1) is 25.7 Å². The van der Waals surface area contributed by atoms with Gasteiger partial charge in [0.15, 0.2) is 10.8 Å². The highest BCUT2D eigenvalue weighted by Gasteiger charge is 2.50. The summed E-state index contributed by atoms with van der Waals surface area (Å²) in [4.78, 5) is 31.4. The molecule has 3 unspecified atom stereocenters. The third-order valence-corrected chi connectivity index (χ3v) is 6.51. The van der Waals surface area contributed by atoms with E-state index in [1.165, 1.54) is 11.3 Å². The zero-order valence-electron chi connectivity index (χ0n) is 14.2. The van der Waals surface area contributed by atoms with E-state index in [9.17, 15) is 14.7 Å². The van der Waals surface area contributed by atoms with Crippen LogP contribution < -0.4 is 0 Å². The van der Waals surface area contributed by atoms with E-state index in [2.05, 4.69) is 4.98 Å². The normalized spacial score (nSPS) is 25.4. The number of carboxylic acid groups (broad SMARTS) is 1. The van der Waals surface area contributed by atoms with Gasteiger partial charge in [-0.1, -0.05) is 6.42 Å². The fourth-order valence-corrected chi connectivity index (χ4v) is 5.20. The molecule has 2 aromatic heterocycles. The van der Waals surface area contributed by atoms with Crippen molar-refractivity contribution in [1.29, 1.82) is 0 Å². The minimum Gasteiger partial charge on any atom is -0.480 e. The number of nitrogens with zero attached hydrogens (tertiary/aromatic N) is 2. The maximum Gasteiger partial charge on any atom is 0.326 e. The van der Waals surface area contributed by atoms with Gasteiger partial charge in [-0.25, -0.2) is 9.78 Å². The summed E-state index contributed by atoms with van der Waals surface area (Å²) in [5, 5.41) is 10.3. The van der Waals surface area contributed by atoms with Gasteiger partial charge in [0.25, 0.3) is 5.91 Å². The SMILES string of the molecule is Cc1ccc(-c2nc(C)c(C(=O)N3CC4CCCC4C3C(=O)O)s2)o1. The highest BCUT2D eigenvalue weighted by molar-refractivity contribution is 7.17. The van der Waals surface area contributed by atoms with Gasteiger partial charge in [-0.05, 0) is 50.7 Å². The number of carbonyl (C=O) groups is 2. The Bertz CT molecular complexity index is 840. The summed E-state index contributed by atoms with van der Waals surface area (Å²) in [7, 11) is 0. The van der Waals surface area contributed by atoms with Gasteiger partial charge in [-0.2, -0.15) is 0 Å². The lowest BCUT2D eigenvalue weighted by molar-refractivity contribution is -0.142. The van der Waals surface area contributed by atoms with E-state index in [4.69, 9.17) is 4.42 Å². The van der Waals surface area contributed by atoms with Crippen LogP contribution >= 0.6 is 11.3 Å². The van der Waals surface area contributed by atoms with Crippen LogP contribution in [0.2, 0.25) is 0 Å². The summed E-state index contributed by atoms with van der Waals surface area (Å²) < 4.78 is 5.59. The van der Waals surface area contributed by atoms with Crippen molar-refractivity contribution in [3.8, 4) is 10.8 Å². The summed E-state index contributed by atoms with van der Waals surface area (Å²) in [6, 6.07) is 2.98. The first-order valence-corrected chi connectivity index (χ1v) is 9.35. The van der Waals surface area contributed by atoms with Gasteiger partial charge in [-0.15, -0.1) is 11.3 Å². The van der Waals surface area contributed by atoms with Gasteiger partial charge in [0.05, 0.1) is 5.69 Å². The Morgan fingerprint density at radius 2 is 2.12 bits per heavy atom. The maximum absolute atomic E-state index is 13.1. The minimum absolute atomic E-state index is 0.0851. The van der Waals surface area contributed by atoms with Crippen molar-refractivity contribution in [2.45, 2.75) is 39.2 Å². The monoisotopic (exact) mass is 360 g/mol. The molecule has 1 aliphatic heterocycles. The van der Waals surface area contributed by atoms with E-state index < -0.39 is 12.0 Å². The molecule has 4 rings (SSSR count). The van der Waals surface area contributed by atoms with E-state index >= 15 is 0 Å². The fourth-order valence-electron chi connectivity index (χ4n) is 4.21. The first kappa shape index (κ1) is 16.3. The Morgan fingerprint density at radius 1 is 1.32 bits per heavy atom. The number of fused-ring (bicyclic) bond motifs is 1. The predicted molar refractivity (Wildman–Crippen MR) is 92.6 cm³/mol. The Labute approximate surface area is 149 Å². The zero-order valence-corrected chi connectivity index (χ0v) is 15.0. The maximum atomic E-state index is 13.1. The summed E-state index contributed by atoms with van der Waals surface area (Å²) in [6.07, 6.45) is 2.96. The summed E-state index contributed by atoms with van der Waals surface area (Å²) in [5.74, 6) is 0.706. The second-order valence-corrected chi connectivity index (χ2v) is 7.94. The molecule has 1 aliphatic carbocycles. The minimum atomic E-state index is -0.896. The van der Waals surface area contributed by atoms with Crippen LogP contribution in [-0.4, -0.2) is 39.5 Å². The average molecular weight is 360 g/mol. The molecule has 2 fully saturated rings. The molecule has 1 saturated carbocycles. The number of aromatic nitrogens is 1. The lowest BCUT2D eigenvalue weighted by Crippen LogP contribution is -2.43. The molecule has 3 atom stereocenters. The molecule has 3 heterocycles. The summed E-state index contributed by atoms with van der Waals surface area (Å²) in [5.41, 5.74) is 0.625. The molecule has 2 aromatic rings. The third kappa shape index (κ3) is 2.66. The van der Waals surface area contributed by atoms with Crippen molar-refractivity contribution < 1.29 is 19.1 Å². The van der Waals surface area contributed by atoms with Gasteiger partial charge in [0.2, 0.25) is 0 Å². The molecule has 6 nitrogen and oxygen atoms in total. The summed E-state index contributed by atoms with van der Waals surface area (Å²) in [6.45, 7) is 4.18. The van der Waals surface area contributed by atoms with Crippen LogP contribution in [0.5, 0.6) is 0 Å². The largest absolute Gasteiger partial charge is 0.480 e. The Balaban J connectivity index is 1.64. The van der Waals surface area contributed by atoms with Gasteiger partial charge in [0.1, 0.15) is 16.7 Å². The van der Waals surface area contributed by atoms with Crippen molar-refractivity contribution >= 4 is 23.2 Å². The fraction of sp³-hybridized carbons (Fsp3) is 0.500. The number of rotatable bonds is 3. The van der Waals surface area contributed by atoms with Crippen LogP contribution in [-0.2, 0) is 4.79 Å². The number of hydrogen-bond donors (Lipinski definition) is 1. The number of amides is 1. The van der Waals surface area contributed by atoms with Crippen LogP contribution in [0.3, 0.4) is 0 Å². The number of carbonyl (C=O) groups excluding carboxylic acids is 1. The average Bonchev–Trinajstić information content (AvgIpc) is 3.28.